The van der Waals surface area contributed by atoms with E-state index in [1.165, 1.54) is 31.4 Å². The van der Waals surface area contributed by atoms with Gasteiger partial charge in [-0.1, -0.05) is 22.0 Å². The number of rotatable bonds is 7. The van der Waals surface area contributed by atoms with Gasteiger partial charge in [-0.2, -0.15) is 4.31 Å². The molecule has 0 radical (unpaired) electrons. The molecule has 0 spiro atoms. The zero-order chi connectivity index (χ0) is 25.4. The molecule has 0 aromatic heterocycles. The lowest BCUT2D eigenvalue weighted by molar-refractivity contribution is -0.122. The Kier molecular flexibility index (Phi) is 6.45. The molecule has 11 heteroatoms. The first-order chi connectivity index (χ1) is 17.3. The van der Waals surface area contributed by atoms with E-state index >= 15 is 0 Å². The van der Waals surface area contributed by atoms with Gasteiger partial charge >= 0.3 is 0 Å². The zero-order valence-corrected chi connectivity index (χ0v) is 21.5. The van der Waals surface area contributed by atoms with Crippen molar-refractivity contribution in [2.75, 3.05) is 18.8 Å². The van der Waals surface area contributed by atoms with Crippen molar-refractivity contribution in [1.82, 2.24) is 4.31 Å². The fourth-order valence-electron chi connectivity index (χ4n) is 4.17. The van der Waals surface area contributed by atoms with Crippen LogP contribution in [0.2, 0.25) is 0 Å². The molecule has 0 aliphatic carbocycles. The predicted molar refractivity (Wildman–Crippen MR) is 133 cm³/mol. The Balaban J connectivity index is 1.53. The van der Waals surface area contributed by atoms with Crippen LogP contribution in [-0.4, -0.2) is 44.5 Å². The van der Waals surface area contributed by atoms with E-state index in [4.69, 9.17) is 14.2 Å². The molecule has 2 amide bonds. The monoisotopic (exact) mass is 572 g/mol. The summed E-state index contributed by atoms with van der Waals surface area (Å²) in [6.45, 7) is -0.0761. The number of carbonyl (C=O) groups is 2. The van der Waals surface area contributed by atoms with Crippen LogP contribution in [0.3, 0.4) is 0 Å². The third-order valence-electron chi connectivity index (χ3n) is 6.00. The first kappa shape index (κ1) is 24.3. The van der Waals surface area contributed by atoms with E-state index in [2.05, 4.69) is 15.9 Å². The van der Waals surface area contributed by atoms with E-state index < -0.39 is 27.9 Å². The maximum absolute atomic E-state index is 13.8. The first-order valence-corrected chi connectivity index (χ1v) is 13.2. The van der Waals surface area contributed by atoms with Gasteiger partial charge in [-0.05, 0) is 66.2 Å². The summed E-state index contributed by atoms with van der Waals surface area (Å²) in [4.78, 5) is 27.5. The van der Waals surface area contributed by atoms with Gasteiger partial charge in [0.2, 0.25) is 22.7 Å². The Bertz CT molecular complexity index is 1430. The predicted octanol–water partition coefficient (Wildman–Crippen LogP) is 3.71. The van der Waals surface area contributed by atoms with Crippen LogP contribution in [0, 0.1) is 0 Å². The van der Waals surface area contributed by atoms with Crippen molar-refractivity contribution < 1.29 is 32.2 Å². The number of halogens is 1. The van der Waals surface area contributed by atoms with Gasteiger partial charge < -0.3 is 14.2 Å². The lowest BCUT2D eigenvalue weighted by atomic mass is 10.1. The van der Waals surface area contributed by atoms with Gasteiger partial charge in [0.25, 0.3) is 5.91 Å². The number of ether oxygens (including phenoxy) is 3. The number of fused-ring (bicyclic) bond motifs is 1. The number of nitrogens with zero attached hydrogens (tertiary/aromatic N) is 2. The van der Waals surface area contributed by atoms with Gasteiger partial charge in [-0.25, -0.2) is 13.3 Å². The first-order valence-electron chi connectivity index (χ1n) is 10.9. The van der Waals surface area contributed by atoms with Crippen molar-refractivity contribution in [2.24, 2.45) is 0 Å². The van der Waals surface area contributed by atoms with Gasteiger partial charge in [-0.15, -0.1) is 0 Å². The van der Waals surface area contributed by atoms with E-state index in [1.807, 2.05) is 0 Å². The summed E-state index contributed by atoms with van der Waals surface area (Å²) in [6.07, 6.45) is -0.283. The van der Waals surface area contributed by atoms with Crippen LogP contribution < -0.4 is 19.1 Å². The molecule has 5 rings (SSSR count). The molecule has 2 aliphatic rings. The van der Waals surface area contributed by atoms with Crippen molar-refractivity contribution >= 4 is 43.5 Å². The van der Waals surface area contributed by atoms with Gasteiger partial charge in [0.05, 0.1) is 24.1 Å². The van der Waals surface area contributed by atoms with E-state index in [0.29, 0.717) is 28.5 Å². The second-order valence-corrected chi connectivity index (χ2v) is 11.0. The molecule has 1 saturated heterocycles. The number of anilines is 1. The van der Waals surface area contributed by atoms with Crippen molar-refractivity contribution in [2.45, 2.75) is 23.9 Å². The van der Waals surface area contributed by atoms with Gasteiger partial charge in [0, 0.05) is 11.0 Å². The molecule has 36 heavy (non-hydrogen) atoms. The number of methoxy groups -OCH3 is 1. The molecule has 2 aliphatic heterocycles. The molecular formula is C25H21BrN2O7S. The topological polar surface area (TPSA) is 102 Å². The van der Waals surface area contributed by atoms with Crippen LogP contribution >= 0.6 is 15.9 Å². The molecule has 9 nitrogen and oxygen atoms in total. The summed E-state index contributed by atoms with van der Waals surface area (Å²) in [5.41, 5.74) is 0.958. The van der Waals surface area contributed by atoms with E-state index in [0.717, 1.165) is 13.7 Å². The van der Waals surface area contributed by atoms with E-state index in [-0.39, 0.29) is 24.7 Å². The van der Waals surface area contributed by atoms with Crippen LogP contribution in [0.1, 0.15) is 12.0 Å². The minimum absolute atomic E-state index is 0.0219. The van der Waals surface area contributed by atoms with Gasteiger partial charge in [-0.3, -0.25) is 9.59 Å². The number of amides is 2. The summed E-state index contributed by atoms with van der Waals surface area (Å²) >= 11 is 3.34. The minimum atomic E-state index is -4.19. The van der Waals surface area contributed by atoms with Crippen LogP contribution in [0.4, 0.5) is 5.69 Å². The molecule has 0 N–H and O–H groups in total. The molecule has 0 saturated carbocycles. The normalized spacial score (nSPS) is 17.2. The number of carbonyl (C=O) groups excluding carboxylic acids is 2. The molecule has 1 atom stereocenters. The van der Waals surface area contributed by atoms with Crippen LogP contribution in [0.5, 0.6) is 17.2 Å². The zero-order valence-electron chi connectivity index (χ0n) is 19.1. The van der Waals surface area contributed by atoms with E-state index in [9.17, 15) is 18.0 Å². The van der Waals surface area contributed by atoms with E-state index in [1.54, 1.807) is 42.5 Å². The average molecular weight is 573 g/mol. The van der Waals surface area contributed by atoms with Crippen LogP contribution in [0.25, 0.3) is 0 Å². The maximum Gasteiger partial charge on any atom is 0.252 e. The number of hydrogen-bond donors (Lipinski definition) is 0. The molecule has 186 valence electrons. The second kappa shape index (κ2) is 9.57. The van der Waals surface area contributed by atoms with Crippen molar-refractivity contribution in [3.8, 4) is 17.2 Å². The third-order valence-corrected chi connectivity index (χ3v) is 8.39. The van der Waals surface area contributed by atoms with Crippen LogP contribution in [0.15, 0.2) is 76.1 Å². The Morgan fingerprint density at radius 1 is 1.00 bits per heavy atom. The number of hydrogen-bond acceptors (Lipinski definition) is 7. The molecule has 3 aromatic carbocycles. The Morgan fingerprint density at radius 3 is 2.39 bits per heavy atom. The minimum Gasteiger partial charge on any atom is -0.497 e. The average Bonchev–Trinajstić information content (AvgIpc) is 3.46. The Morgan fingerprint density at radius 2 is 1.69 bits per heavy atom. The molecule has 3 aromatic rings. The summed E-state index contributed by atoms with van der Waals surface area (Å²) in [5, 5.41) is 0. The molecule has 1 fully saturated rings. The quantitative estimate of drug-likeness (QED) is 0.397. The highest BCUT2D eigenvalue weighted by atomic mass is 79.9. The van der Waals surface area contributed by atoms with Crippen LogP contribution in [-0.2, 0) is 26.2 Å². The smallest absolute Gasteiger partial charge is 0.252 e. The Labute approximate surface area is 216 Å². The van der Waals surface area contributed by atoms with Gasteiger partial charge in [0.15, 0.2) is 11.5 Å². The van der Waals surface area contributed by atoms with Crippen molar-refractivity contribution in [3.05, 3.63) is 76.8 Å². The summed E-state index contributed by atoms with van der Waals surface area (Å²) in [5.74, 6) is 0.439. The Hall–Kier alpha value is -3.41. The SMILES string of the molecule is COc1ccc(S(=O)(=O)N(Cc2ccc3c(c2)OCO3)C2CC(=O)N(c3ccc(Br)cc3)C2=O)cc1. The fraction of sp³-hybridized carbons (Fsp3) is 0.200. The third kappa shape index (κ3) is 4.45. The highest BCUT2D eigenvalue weighted by Gasteiger charge is 2.47. The summed E-state index contributed by atoms with van der Waals surface area (Å²) in [6, 6.07) is 16.4. The molecule has 0 bridgehead atoms. The molecule has 2 heterocycles. The number of benzene rings is 3. The fourth-order valence-corrected chi connectivity index (χ4v) is 6.00. The molecular weight excluding hydrogens is 552 g/mol. The maximum atomic E-state index is 13.8. The largest absolute Gasteiger partial charge is 0.497 e. The lowest BCUT2D eigenvalue weighted by Crippen LogP contribution is -2.45. The number of sulfonamides is 1. The van der Waals surface area contributed by atoms with Crippen molar-refractivity contribution in [3.63, 3.8) is 0 Å². The number of imide groups is 1. The standard InChI is InChI=1S/C25H21BrN2O7S/c1-33-19-7-9-20(10-8-19)36(31,32)27(14-16-2-11-22-23(12-16)35-15-34-22)21-13-24(29)28(25(21)30)18-5-3-17(26)4-6-18/h2-12,21H,13-15H2,1H3. The summed E-state index contributed by atoms with van der Waals surface area (Å²) < 4.78 is 45.4. The lowest BCUT2D eigenvalue weighted by Gasteiger charge is -2.27. The molecule has 1 unspecified atom stereocenters. The highest BCUT2D eigenvalue weighted by Crippen LogP contribution is 2.35. The summed E-state index contributed by atoms with van der Waals surface area (Å²) in [7, 11) is -2.71. The second-order valence-electron chi connectivity index (χ2n) is 8.18. The highest BCUT2D eigenvalue weighted by molar-refractivity contribution is 9.10. The van der Waals surface area contributed by atoms with Gasteiger partial charge in [0.1, 0.15) is 11.8 Å². The van der Waals surface area contributed by atoms with Crippen molar-refractivity contribution in [1.29, 1.82) is 0 Å².